The Bertz CT molecular complexity index is 277. The maximum absolute atomic E-state index is 10.6. The molecule has 0 aromatic carbocycles. The van der Waals surface area contributed by atoms with Crippen molar-refractivity contribution in [2.75, 3.05) is 0 Å². The fraction of sp³-hybridized carbons (Fsp3) is 0. The van der Waals surface area contributed by atoms with E-state index in [0.717, 1.165) is 11.9 Å². The van der Waals surface area contributed by atoms with Crippen LogP contribution < -0.4 is 0 Å². The van der Waals surface area contributed by atoms with Crippen molar-refractivity contribution in [3.05, 3.63) is 23.6 Å². The summed E-state index contributed by atoms with van der Waals surface area (Å²) in [5.41, 5.74) is -0.187. The van der Waals surface area contributed by atoms with Crippen LogP contribution in [0.5, 0.6) is 0 Å². The molecule has 1 heterocycles. The largest absolute Gasteiger partial charge is 0.375 e. The molecular weight excluding hydrogens is 185 g/mol. The molecule has 0 atom stereocenters. The summed E-state index contributed by atoms with van der Waals surface area (Å²) in [4.78, 5) is 17.3. The van der Waals surface area contributed by atoms with Gasteiger partial charge in [0.15, 0.2) is 5.45 Å². The highest BCUT2D eigenvalue weighted by atomic mass is 32.2. The van der Waals surface area contributed by atoms with Gasteiger partial charge in [-0.15, -0.1) is 0 Å². The molecule has 0 saturated heterocycles. The number of rotatable bonds is 1. The molecule has 0 saturated carbocycles. The van der Waals surface area contributed by atoms with Crippen molar-refractivity contribution in [1.29, 1.82) is 0 Å². The molecular formula is C5H6NO3PS. The van der Waals surface area contributed by atoms with Gasteiger partial charge in [-0.1, -0.05) is 12.2 Å². The first-order chi connectivity index (χ1) is 5.11. The summed E-state index contributed by atoms with van der Waals surface area (Å²) in [6.07, 6.45) is 4.51. The molecule has 4 nitrogen and oxygen atoms in total. The van der Waals surface area contributed by atoms with Gasteiger partial charge in [0.1, 0.15) is 0 Å². The molecule has 0 aromatic rings. The van der Waals surface area contributed by atoms with E-state index in [-0.39, 0.29) is 5.45 Å². The van der Waals surface area contributed by atoms with Crippen molar-refractivity contribution in [3.8, 4) is 0 Å². The van der Waals surface area contributed by atoms with Crippen LogP contribution in [0.4, 0.5) is 0 Å². The Hall–Kier alpha value is -0.350. The molecule has 6 heteroatoms. The smallest absolute Gasteiger partial charge is 0.320 e. The highest BCUT2D eigenvalue weighted by molar-refractivity contribution is 8.01. The Balaban J connectivity index is 2.90. The molecule has 2 N–H and O–H groups in total. The Morgan fingerprint density at radius 1 is 1.45 bits per heavy atom. The van der Waals surface area contributed by atoms with Crippen molar-refractivity contribution in [3.63, 3.8) is 0 Å². The molecule has 1 aliphatic heterocycles. The second kappa shape index (κ2) is 3.36. The summed E-state index contributed by atoms with van der Waals surface area (Å²) in [5.74, 6) is 0. The summed E-state index contributed by atoms with van der Waals surface area (Å²) in [6.45, 7) is 0. The Morgan fingerprint density at radius 2 is 2.18 bits per heavy atom. The van der Waals surface area contributed by atoms with Crippen LogP contribution >= 0.6 is 19.5 Å². The summed E-state index contributed by atoms with van der Waals surface area (Å²) < 4.78 is 14.2. The lowest BCUT2D eigenvalue weighted by molar-refractivity contribution is 0.391. The predicted octanol–water partition coefficient (Wildman–Crippen LogP) is 1.29. The fourth-order valence-corrected chi connectivity index (χ4v) is 1.73. The first-order valence-electron chi connectivity index (χ1n) is 2.74. The van der Waals surface area contributed by atoms with Crippen LogP contribution in [0.15, 0.2) is 28.0 Å². The molecule has 1 aliphatic rings. The van der Waals surface area contributed by atoms with Crippen LogP contribution in [0.25, 0.3) is 0 Å². The van der Waals surface area contributed by atoms with Gasteiger partial charge in [0, 0.05) is 11.9 Å². The standard InChI is InChI=1S/C5H6NO3PS/c7-10(8,9)5-3-1-2-4-11-6-5/h1-4H,(H2,7,8,9). The van der Waals surface area contributed by atoms with Crippen molar-refractivity contribution in [1.82, 2.24) is 0 Å². The molecule has 60 valence electrons. The molecule has 0 unspecified atom stereocenters. The first-order valence-corrected chi connectivity index (χ1v) is 5.19. The third-order valence-corrected chi connectivity index (χ3v) is 2.50. The van der Waals surface area contributed by atoms with Crippen LogP contribution in [0.1, 0.15) is 0 Å². The Labute approximate surface area is 68.0 Å². The lowest BCUT2D eigenvalue weighted by Crippen LogP contribution is -1.92. The molecule has 1 rings (SSSR count). The Morgan fingerprint density at radius 3 is 2.82 bits per heavy atom. The van der Waals surface area contributed by atoms with Crippen molar-refractivity contribution >= 4 is 25.0 Å². The quantitative estimate of drug-likeness (QED) is 0.484. The summed E-state index contributed by atoms with van der Waals surface area (Å²) in [6, 6.07) is 0. The van der Waals surface area contributed by atoms with Gasteiger partial charge in [0.25, 0.3) is 0 Å². The van der Waals surface area contributed by atoms with Crippen LogP contribution in [0.3, 0.4) is 0 Å². The maximum Gasteiger partial charge on any atom is 0.375 e. The molecule has 0 aliphatic carbocycles. The summed E-state index contributed by atoms with van der Waals surface area (Å²) in [5, 5.41) is 1.64. The molecule has 0 fully saturated rings. The Kier molecular flexibility index (Phi) is 2.67. The minimum Gasteiger partial charge on any atom is -0.320 e. The maximum atomic E-state index is 10.6. The van der Waals surface area contributed by atoms with E-state index in [4.69, 9.17) is 9.79 Å². The minimum atomic E-state index is -4.17. The van der Waals surface area contributed by atoms with Gasteiger partial charge in [0.05, 0.1) is 0 Å². The topological polar surface area (TPSA) is 69.9 Å². The van der Waals surface area contributed by atoms with Gasteiger partial charge < -0.3 is 9.79 Å². The first kappa shape index (κ1) is 8.74. The average Bonchev–Trinajstić information content (AvgIpc) is 2.10. The number of nitrogens with zero attached hydrogens (tertiary/aromatic N) is 1. The lowest BCUT2D eigenvalue weighted by atomic mass is 10.5. The van der Waals surface area contributed by atoms with Gasteiger partial charge in [0.2, 0.25) is 0 Å². The SMILES string of the molecule is O=P(O)(O)C1=NSC=CC=C1. The zero-order valence-electron chi connectivity index (χ0n) is 5.41. The molecule has 11 heavy (non-hydrogen) atoms. The van der Waals surface area contributed by atoms with Gasteiger partial charge in [-0.25, -0.2) is 4.40 Å². The fourth-order valence-electron chi connectivity index (χ4n) is 0.487. The van der Waals surface area contributed by atoms with E-state index in [1.165, 1.54) is 12.2 Å². The highest BCUT2D eigenvalue weighted by Gasteiger charge is 2.20. The third-order valence-electron chi connectivity index (χ3n) is 0.941. The molecule has 0 spiro atoms. The second-order valence-corrected chi connectivity index (χ2v) is 4.00. The van der Waals surface area contributed by atoms with E-state index < -0.39 is 7.60 Å². The van der Waals surface area contributed by atoms with Gasteiger partial charge in [-0.05, 0) is 11.5 Å². The van der Waals surface area contributed by atoms with Crippen LogP contribution in [0, 0.1) is 0 Å². The molecule has 0 bridgehead atoms. The molecule has 0 aromatic heterocycles. The van der Waals surface area contributed by atoms with Gasteiger partial charge >= 0.3 is 7.60 Å². The van der Waals surface area contributed by atoms with Crippen LogP contribution in [-0.2, 0) is 4.57 Å². The number of hydrogen-bond donors (Lipinski definition) is 2. The lowest BCUT2D eigenvalue weighted by Gasteiger charge is -1.99. The summed E-state index contributed by atoms with van der Waals surface area (Å²) >= 11 is 1.00. The molecule has 0 radical (unpaired) electrons. The third kappa shape index (κ3) is 2.63. The minimum absolute atomic E-state index is 0.187. The van der Waals surface area contributed by atoms with E-state index in [0.29, 0.717) is 0 Å². The van der Waals surface area contributed by atoms with Gasteiger partial charge in [-0.2, -0.15) is 0 Å². The number of allylic oxidation sites excluding steroid dienone is 3. The highest BCUT2D eigenvalue weighted by Crippen LogP contribution is 2.39. The monoisotopic (exact) mass is 191 g/mol. The number of hydrogen-bond acceptors (Lipinski definition) is 3. The van der Waals surface area contributed by atoms with Crippen molar-refractivity contribution < 1.29 is 14.4 Å². The average molecular weight is 191 g/mol. The van der Waals surface area contributed by atoms with E-state index >= 15 is 0 Å². The zero-order chi connectivity index (χ0) is 8.32. The van der Waals surface area contributed by atoms with Crippen LogP contribution in [-0.4, -0.2) is 15.2 Å². The van der Waals surface area contributed by atoms with Crippen molar-refractivity contribution in [2.24, 2.45) is 4.40 Å². The van der Waals surface area contributed by atoms with E-state index in [1.807, 2.05) is 0 Å². The van der Waals surface area contributed by atoms with Crippen LogP contribution in [0.2, 0.25) is 0 Å². The van der Waals surface area contributed by atoms with E-state index in [9.17, 15) is 4.57 Å². The van der Waals surface area contributed by atoms with E-state index in [1.54, 1.807) is 11.5 Å². The second-order valence-electron chi connectivity index (χ2n) is 1.79. The van der Waals surface area contributed by atoms with E-state index in [2.05, 4.69) is 4.40 Å². The summed E-state index contributed by atoms with van der Waals surface area (Å²) in [7, 11) is -4.17. The normalized spacial score (nSPS) is 17.8. The predicted molar refractivity (Wildman–Crippen MR) is 45.4 cm³/mol. The van der Waals surface area contributed by atoms with Gasteiger partial charge in [-0.3, -0.25) is 4.57 Å². The van der Waals surface area contributed by atoms with Crippen molar-refractivity contribution in [2.45, 2.75) is 0 Å². The molecule has 0 amide bonds. The zero-order valence-corrected chi connectivity index (χ0v) is 7.13.